The Balaban J connectivity index is 1.93. The van der Waals surface area contributed by atoms with Gasteiger partial charge in [-0.15, -0.1) is 0 Å². The van der Waals surface area contributed by atoms with Crippen LogP contribution in [0.25, 0.3) is 0 Å². The average molecular weight is 426 g/mol. The summed E-state index contributed by atoms with van der Waals surface area (Å²) < 4.78 is 34.3. The minimum absolute atomic E-state index is 0.0356. The maximum absolute atomic E-state index is 12.7. The van der Waals surface area contributed by atoms with Crippen molar-refractivity contribution in [1.82, 2.24) is 4.90 Å². The second kappa shape index (κ2) is 9.61. The molecule has 0 unspecified atom stereocenters. The third-order valence-corrected chi connectivity index (χ3v) is 7.00. The van der Waals surface area contributed by atoms with Gasteiger partial charge in [0.25, 0.3) is 5.91 Å². The third kappa shape index (κ3) is 6.19. The van der Waals surface area contributed by atoms with E-state index in [9.17, 15) is 18.0 Å². The first-order valence-electron chi connectivity index (χ1n) is 9.92. The van der Waals surface area contributed by atoms with E-state index in [1.165, 1.54) is 0 Å². The van der Waals surface area contributed by atoms with Crippen molar-refractivity contribution >= 4 is 21.7 Å². The molecule has 2 atom stereocenters. The molecular weight excluding hydrogens is 394 g/mol. The van der Waals surface area contributed by atoms with Gasteiger partial charge < -0.3 is 14.4 Å². The van der Waals surface area contributed by atoms with Gasteiger partial charge in [-0.25, -0.2) is 13.2 Å². The summed E-state index contributed by atoms with van der Waals surface area (Å²) in [4.78, 5) is 26.3. The molecule has 29 heavy (non-hydrogen) atoms. The van der Waals surface area contributed by atoms with Crippen molar-refractivity contribution in [3.63, 3.8) is 0 Å². The smallest absolute Gasteiger partial charge is 0.344 e. The summed E-state index contributed by atoms with van der Waals surface area (Å²) in [5, 5.41) is 0. The molecule has 1 aliphatic heterocycles. The minimum Gasteiger partial charge on any atom is -0.481 e. The zero-order valence-electron chi connectivity index (χ0n) is 17.9. The molecule has 1 amide bonds. The molecule has 0 aromatic heterocycles. The van der Waals surface area contributed by atoms with Gasteiger partial charge in [-0.3, -0.25) is 4.79 Å². The standard InChI is InChI=1S/C21H31NO6S/c1-6-17(5)22(18-7-8-29(25,26)13-18)19(23)11-27-20(24)12-28-21-15(3)9-14(2)10-16(21)4/h9-10,17-18H,6-8,11-13H2,1-5H3/t17-,18+/m0/s1. The summed E-state index contributed by atoms with van der Waals surface area (Å²) in [7, 11) is -3.12. The molecule has 0 spiro atoms. The van der Waals surface area contributed by atoms with Gasteiger partial charge in [0.05, 0.1) is 11.5 Å². The summed E-state index contributed by atoms with van der Waals surface area (Å²) in [6.45, 7) is 8.89. The molecular formula is C21H31NO6S. The van der Waals surface area contributed by atoms with Crippen LogP contribution < -0.4 is 4.74 Å². The van der Waals surface area contributed by atoms with Gasteiger partial charge in [0.1, 0.15) is 5.75 Å². The first-order valence-corrected chi connectivity index (χ1v) is 11.7. The van der Waals surface area contributed by atoms with Gasteiger partial charge in [-0.1, -0.05) is 24.6 Å². The maximum Gasteiger partial charge on any atom is 0.344 e. The molecule has 1 aromatic carbocycles. The molecule has 0 saturated carbocycles. The van der Waals surface area contributed by atoms with Crippen LogP contribution in [-0.4, -0.2) is 62.0 Å². The molecule has 1 aliphatic rings. The number of nitrogens with zero attached hydrogens (tertiary/aromatic N) is 1. The van der Waals surface area contributed by atoms with Crippen LogP contribution in [-0.2, 0) is 24.2 Å². The van der Waals surface area contributed by atoms with Gasteiger partial charge in [0, 0.05) is 12.1 Å². The third-order valence-electron chi connectivity index (χ3n) is 5.25. The second-order valence-corrected chi connectivity index (χ2v) is 10.0. The number of hydrogen-bond donors (Lipinski definition) is 0. The van der Waals surface area contributed by atoms with Crippen molar-refractivity contribution in [1.29, 1.82) is 0 Å². The number of sulfone groups is 1. The van der Waals surface area contributed by atoms with E-state index in [0.717, 1.165) is 16.7 Å². The minimum atomic E-state index is -3.12. The lowest BCUT2D eigenvalue weighted by atomic mass is 10.1. The van der Waals surface area contributed by atoms with E-state index in [1.54, 1.807) is 4.90 Å². The van der Waals surface area contributed by atoms with Crippen molar-refractivity contribution < 1.29 is 27.5 Å². The number of carbonyl (C=O) groups is 2. The molecule has 1 aromatic rings. The molecule has 1 fully saturated rings. The molecule has 8 heteroatoms. The van der Waals surface area contributed by atoms with Crippen LogP contribution in [0.3, 0.4) is 0 Å². The SMILES string of the molecule is CC[C@H](C)N(C(=O)COC(=O)COc1c(C)cc(C)cc1C)[C@@H]1CCS(=O)(=O)C1. The zero-order chi connectivity index (χ0) is 21.8. The highest BCUT2D eigenvalue weighted by molar-refractivity contribution is 7.91. The van der Waals surface area contributed by atoms with Crippen molar-refractivity contribution in [2.45, 2.75) is 59.5 Å². The van der Waals surface area contributed by atoms with Gasteiger partial charge in [-0.2, -0.15) is 0 Å². The Morgan fingerprint density at radius 2 is 1.79 bits per heavy atom. The van der Waals surface area contributed by atoms with Crippen LogP contribution in [0.2, 0.25) is 0 Å². The summed E-state index contributed by atoms with van der Waals surface area (Å²) >= 11 is 0. The maximum atomic E-state index is 12.7. The summed E-state index contributed by atoms with van der Waals surface area (Å²) in [6, 6.07) is 3.44. The van der Waals surface area contributed by atoms with Gasteiger partial charge in [0.15, 0.2) is 23.1 Å². The highest BCUT2D eigenvalue weighted by Crippen LogP contribution is 2.24. The Morgan fingerprint density at radius 1 is 1.17 bits per heavy atom. The number of carbonyl (C=O) groups excluding carboxylic acids is 2. The van der Waals surface area contributed by atoms with Gasteiger partial charge >= 0.3 is 5.97 Å². The van der Waals surface area contributed by atoms with Crippen molar-refractivity contribution in [3.8, 4) is 5.75 Å². The van der Waals surface area contributed by atoms with Crippen molar-refractivity contribution in [3.05, 3.63) is 28.8 Å². The number of aryl methyl sites for hydroxylation is 3. The first kappa shape index (κ1) is 23.2. The number of hydrogen-bond acceptors (Lipinski definition) is 6. The van der Waals surface area contributed by atoms with E-state index in [0.29, 0.717) is 18.6 Å². The number of ether oxygens (including phenoxy) is 2. The molecule has 1 heterocycles. The van der Waals surface area contributed by atoms with Crippen LogP contribution in [0.4, 0.5) is 0 Å². The number of amides is 1. The lowest BCUT2D eigenvalue weighted by Gasteiger charge is -2.33. The quantitative estimate of drug-likeness (QED) is 0.594. The van der Waals surface area contributed by atoms with Crippen LogP contribution in [0.15, 0.2) is 12.1 Å². The lowest BCUT2D eigenvalue weighted by Crippen LogP contribution is -2.48. The molecule has 7 nitrogen and oxygen atoms in total. The Morgan fingerprint density at radius 3 is 2.31 bits per heavy atom. The molecule has 0 N–H and O–H groups in total. The summed E-state index contributed by atoms with van der Waals surface area (Å²) in [6.07, 6.45) is 1.10. The van der Waals surface area contributed by atoms with Crippen LogP contribution in [0.5, 0.6) is 5.75 Å². The molecule has 0 aliphatic carbocycles. The molecule has 162 valence electrons. The van der Waals surface area contributed by atoms with Crippen LogP contribution in [0, 0.1) is 20.8 Å². The highest BCUT2D eigenvalue weighted by atomic mass is 32.2. The molecule has 0 bridgehead atoms. The van der Waals surface area contributed by atoms with Gasteiger partial charge in [-0.05, 0) is 51.7 Å². The van der Waals surface area contributed by atoms with E-state index >= 15 is 0 Å². The fourth-order valence-electron chi connectivity index (χ4n) is 3.78. The van der Waals surface area contributed by atoms with E-state index < -0.39 is 22.4 Å². The number of rotatable bonds is 8. The Bertz CT molecular complexity index is 841. The predicted octanol–water partition coefficient (Wildman–Crippen LogP) is 2.35. The van der Waals surface area contributed by atoms with Gasteiger partial charge in [0.2, 0.25) is 0 Å². The lowest BCUT2D eigenvalue weighted by molar-refractivity contribution is -0.155. The van der Waals surface area contributed by atoms with E-state index in [2.05, 4.69) is 0 Å². The van der Waals surface area contributed by atoms with Crippen LogP contribution in [0.1, 0.15) is 43.4 Å². The Labute approximate surface area is 173 Å². The zero-order valence-corrected chi connectivity index (χ0v) is 18.7. The highest BCUT2D eigenvalue weighted by Gasteiger charge is 2.36. The first-order chi connectivity index (χ1) is 13.5. The number of benzene rings is 1. The topological polar surface area (TPSA) is 90.0 Å². The summed E-state index contributed by atoms with van der Waals surface area (Å²) in [5.41, 5.74) is 2.97. The molecule has 1 saturated heterocycles. The monoisotopic (exact) mass is 425 g/mol. The van der Waals surface area contributed by atoms with E-state index in [1.807, 2.05) is 46.8 Å². The van der Waals surface area contributed by atoms with E-state index in [-0.39, 0.29) is 36.1 Å². The normalized spacial score (nSPS) is 18.9. The average Bonchev–Trinajstić information content (AvgIpc) is 2.98. The number of esters is 1. The summed E-state index contributed by atoms with van der Waals surface area (Å²) in [5.74, 6) is -0.331. The van der Waals surface area contributed by atoms with Crippen LogP contribution >= 0.6 is 0 Å². The largest absolute Gasteiger partial charge is 0.481 e. The van der Waals surface area contributed by atoms with E-state index in [4.69, 9.17) is 9.47 Å². The molecule has 2 rings (SSSR count). The molecule has 0 radical (unpaired) electrons. The second-order valence-electron chi connectivity index (χ2n) is 7.79. The van der Waals surface area contributed by atoms with Crippen molar-refractivity contribution in [2.24, 2.45) is 0 Å². The Kier molecular flexibility index (Phi) is 7.68. The predicted molar refractivity (Wildman–Crippen MR) is 111 cm³/mol. The Hall–Kier alpha value is -2.09. The fraction of sp³-hybridized carbons (Fsp3) is 0.619. The fourth-order valence-corrected chi connectivity index (χ4v) is 5.50. The van der Waals surface area contributed by atoms with Crippen molar-refractivity contribution in [2.75, 3.05) is 24.7 Å².